The van der Waals surface area contributed by atoms with E-state index in [1.54, 1.807) is 31.4 Å². The summed E-state index contributed by atoms with van der Waals surface area (Å²) in [7, 11) is 1.61. The van der Waals surface area contributed by atoms with E-state index in [1.807, 2.05) is 66.1 Å². The van der Waals surface area contributed by atoms with Crippen molar-refractivity contribution in [2.45, 2.75) is 17.3 Å². The average molecular weight is 494 g/mol. The number of hydrogen-bond donors (Lipinski definition) is 0. The molecule has 0 aliphatic carbocycles. The molecule has 0 N–H and O–H groups in total. The van der Waals surface area contributed by atoms with Gasteiger partial charge in [-0.05, 0) is 55.5 Å². The van der Waals surface area contributed by atoms with E-state index >= 15 is 0 Å². The number of halogens is 1. The van der Waals surface area contributed by atoms with E-state index < -0.39 is 0 Å². The highest BCUT2D eigenvalue weighted by molar-refractivity contribution is 9.10. The Labute approximate surface area is 193 Å². The van der Waals surface area contributed by atoms with Crippen LogP contribution in [0.25, 0.3) is 17.1 Å². The fourth-order valence-electron chi connectivity index (χ4n) is 3.14. The standard InChI is InChI=1S/C24H20BrN3O2S/c1-16(22(29)17-10-14-21(30-2)15-11-17)31-24-27-26-23(18-8-12-19(25)13-9-18)28(24)20-6-4-3-5-7-20/h3-16H,1-2H3/t16-/m0/s1. The van der Waals surface area contributed by atoms with E-state index in [2.05, 4.69) is 26.1 Å². The molecule has 0 aliphatic heterocycles. The maximum atomic E-state index is 13.0. The third-order valence-electron chi connectivity index (χ3n) is 4.78. The third kappa shape index (κ3) is 4.73. The largest absolute Gasteiger partial charge is 0.497 e. The van der Waals surface area contributed by atoms with Gasteiger partial charge in [-0.15, -0.1) is 10.2 Å². The van der Waals surface area contributed by atoms with Crippen LogP contribution in [0, 0.1) is 0 Å². The van der Waals surface area contributed by atoms with E-state index in [4.69, 9.17) is 4.74 Å². The van der Waals surface area contributed by atoms with Gasteiger partial charge in [0.05, 0.1) is 12.4 Å². The lowest BCUT2D eigenvalue weighted by molar-refractivity contribution is 0.0994. The smallest absolute Gasteiger partial charge is 0.196 e. The lowest BCUT2D eigenvalue weighted by Crippen LogP contribution is -2.14. The topological polar surface area (TPSA) is 57.0 Å². The lowest BCUT2D eigenvalue weighted by Gasteiger charge is -2.13. The number of carbonyl (C=O) groups is 1. The van der Waals surface area contributed by atoms with E-state index in [0.29, 0.717) is 10.7 Å². The number of para-hydroxylation sites is 1. The number of benzene rings is 3. The minimum Gasteiger partial charge on any atom is -0.497 e. The van der Waals surface area contributed by atoms with E-state index in [9.17, 15) is 4.79 Å². The monoisotopic (exact) mass is 493 g/mol. The molecule has 31 heavy (non-hydrogen) atoms. The number of thioether (sulfide) groups is 1. The molecule has 0 unspecified atom stereocenters. The first kappa shape index (κ1) is 21.3. The van der Waals surface area contributed by atoms with Crippen LogP contribution in [-0.4, -0.2) is 32.9 Å². The maximum absolute atomic E-state index is 13.0. The number of hydrogen-bond acceptors (Lipinski definition) is 5. The zero-order chi connectivity index (χ0) is 21.8. The van der Waals surface area contributed by atoms with Crippen LogP contribution in [0.2, 0.25) is 0 Å². The normalized spacial score (nSPS) is 11.8. The van der Waals surface area contributed by atoms with Crippen LogP contribution in [0.5, 0.6) is 5.75 Å². The summed E-state index contributed by atoms with van der Waals surface area (Å²) in [4.78, 5) is 13.0. The summed E-state index contributed by atoms with van der Waals surface area (Å²) < 4.78 is 8.17. The highest BCUT2D eigenvalue weighted by Gasteiger charge is 2.22. The van der Waals surface area contributed by atoms with Gasteiger partial charge in [0.2, 0.25) is 0 Å². The molecule has 5 nitrogen and oxygen atoms in total. The highest BCUT2D eigenvalue weighted by atomic mass is 79.9. The van der Waals surface area contributed by atoms with Crippen LogP contribution < -0.4 is 4.74 Å². The molecular formula is C24H20BrN3O2S. The molecule has 1 heterocycles. The van der Waals surface area contributed by atoms with Gasteiger partial charge in [-0.2, -0.15) is 0 Å². The van der Waals surface area contributed by atoms with Gasteiger partial charge in [-0.1, -0.05) is 58.0 Å². The van der Waals surface area contributed by atoms with E-state index in [-0.39, 0.29) is 11.0 Å². The van der Waals surface area contributed by atoms with E-state index in [1.165, 1.54) is 11.8 Å². The Hall–Kier alpha value is -2.90. The molecule has 0 spiro atoms. The Morgan fingerprint density at radius 3 is 2.29 bits per heavy atom. The fraction of sp³-hybridized carbons (Fsp3) is 0.125. The minimum atomic E-state index is -0.335. The Morgan fingerprint density at radius 1 is 0.968 bits per heavy atom. The molecule has 0 bridgehead atoms. The van der Waals surface area contributed by atoms with Crippen LogP contribution in [0.3, 0.4) is 0 Å². The molecule has 0 saturated carbocycles. The predicted molar refractivity (Wildman–Crippen MR) is 127 cm³/mol. The Bertz CT molecular complexity index is 1180. The van der Waals surface area contributed by atoms with Crippen molar-refractivity contribution < 1.29 is 9.53 Å². The quantitative estimate of drug-likeness (QED) is 0.231. The number of ketones is 1. The summed E-state index contributed by atoms with van der Waals surface area (Å²) in [6, 6.07) is 25.0. The van der Waals surface area contributed by atoms with Crippen molar-refractivity contribution in [2.75, 3.05) is 7.11 Å². The molecule has 0 fully saturated rings. The molecule has 4 rings (SSSR count). The third-order valence-corrected chi connectivity index (χ3v) is 6.35. The Balaban J connectivity index is 1.67. The molecule has 1 atom stereocenters. The number of Topliss-reactive ketones (excluding diaryl/α,β-unsaturated/α-hetero) is 1. The van der Waals surface area contributed by atoms with Gasteiger partial charge in [0.15, 0.2) is 16.8 Å². The number of carbonyl (C=O) groups excluding carboxylic acids is 1. The van der Waals surface area contributed by atoms with Gasteiger partial charge in [0, 0.05) is 21.3 Å². The van der Waals surface area contributed by atoms with Crippen LogP contribution in [0.15, 0.2) is 88.5 Å². The van der Waals surface area contributed by atoms with Crippen molar-refractivity contribution in [3.8, 4) is 22.8 Å². The zero-order valence-electron chi connectivity index (χ0n) is 17.0. The van der Waals surface area contributed by atoms with Gasteiger partial charge in [-0.25, -0.2) is 0 Å². The molecule has 7 heteroatoms. The summed E-state index contributed by atoms with van der Waals surface area (Å²) in [6.45, 7) is 1.89. The highest BCUT2D eigenvalue weighted by Crippen LogP contribution is 2.31. The summed E-state index contributed by atoms with van der Waals surface area (Å²) in [5.74, 6) is 1.48. The first-order valence-corrected chi connectivity index (χ1v) is 11.4. The van der Waals surface area contributed by atoms with Crippen molar-refractivity contribution in [3.05, 3.63) is 88.9 Å². The van der Waals surface area contributed by atoms with Gasteiger partial charge >= 0.3 is 0 Å². The second-order valence-corrected chi connectivity index (χ2v) is 9.06. The summed E-state index contributed by atoms with van der Waals surface area (Å²) in [5, 5.41) is 9.21. The van der Waals surface area contributed by atoms with Crippen molar-refractivity contribution in [2.24, 2.45) is 0 Å². The Morgan fingerprint density at radius 2 is 1.65 bits per heavy atom. The summed E-state index contributed by atoms with van der Waals surface area (Å²) in [5.41, 5.74) is 2.53. The second-order valence-electron chi connectivity index (χ2n) is 6.84. The molecule has 4 aromatic rings. The fourth-order valence-corrected chi connectivity index (χ4v) is 4.35. The SMILES string of the molecule is COc1ccc(C(=O)[C@H](C)Sc2nnc(-c3ccc(Br)cc3)n2-c2ccccc2)cc1. The Kier molecular flexibility index (Phi) is 6.53. The number of rotatable bonds is 7. The van der Waals surface area contributed by atoms with Gasteiger partial charge < -0.3 is 4.74 Å². The van der Waals surface area contributed by atoms with Gasteiger partial charge in [-0.3, -0.25) is 9.36 Å². The molecule has 3 aromatic carbocycles. The predicted octanol–water partition coefficient (Wildman–Crippen LogP) is 6.07. The second kappa shape index (κ2) is 9.49. The molecule has 0 saturated heterocycles. The van der Waals surface area contributed by atoms with Crippen LogP contribution in [0.4, 0.5) is 0 Å². The summed E-state index contributed by atoms with van der Waals surface area (Å²) >= 11 is 4.87. The molecule has 0 aliphatic rings. The maximum Gasteiger partial charge on any atom is 0.196 e. The van der Waals surface area contributed by atoms with Crippen molar-refractivity contribution in [3.63, 3.8) is 0 Å². The minimum absolute atomic E-state index is 0.0282. The number of aromatic nitrogens is 3. The molecule has 0 amide bonds. The van der Waals surface area contributed by atoms with E-state index in [0.717, 1.165) is 27.3 Å². The van der Waals surface area contributed by atoms with Crippen molar-refractivity contribution in [1.29, 1.82) is 0 Å². The van der Waals surface area contributed by atoms with Gasteiger partial charge in [0.25, 0.3) is 0 Å². The van der Waals surface area contributed by atoms with Crippen molar-refractivity contribution >= 4 is 33.5 Å². The first-order chi connectivity index (χ1) is 15.1. The summed E-state index contributed by atoms with van der Waals surface area (Å²) in [6.07, 6.45) is 0. The van der Waals surface area contributed by atoms with Crippen LogP contribution in [-0.2, 0) is 0 Å². The van der Waals surface area contributed by atoms with Crippen LogP contribution in [0.1, 0.15) is 17.3 Å². The molecule has 156 valence electrons. The van der Waals surface area contributed by atoms with Crippen molar-refractivity contribution in [1.82, 2.24) is 14.8 Å². The first-order valence-electron chi connectivity index (χ1n) is 9.68. The van der Waals surface area contributed by atoms with Gasteiger partial charge in [0.1, 0.15) is 5.75 Å². The molecule has 0 radical (unpaired) electrons. The van der Waals surface area contributed by atoms with Crippen LogP contribution >= 0.6 is 27.7 Å². The average Bonchev–Trinajstić information content (AvgIpc) is 3.23. The number of nitrogens with zero attached hydrogens (tertiary/aromatic N) is 3. The number of methoxy groups -OCH3 is 1. The number of ether oxygens (including phenoxy) is 1. The zero-order valence-corrected chi connectivity index (χ0v) is 19.4. The molecular weight excluding hydrogens is 474 g/mol. The molecule has 1 aromatic heterocycles. The lowest BCUT2D eigenvalue weighted by atomic mass is 10.1.